The van der Waals surface area contributed by atoms with Crippen LogP contribution in [0.15, 0.2) is 36.9 Å². The predicted octanol–water partition coefficient (Wildman–Crippen LogP) is 3.37. The molecule has 1 aromatic carbocycles. The molecule has 0 bridgehead atoms. The third-order valence-electron chi connectivity index (χ3n) is 4.94. The molecule has 0 radical (unpaired) electrons. The molecule has 2 aromatic rings. The minimum Gasteiger partial charge on any atom is -0.339 e. The Bertz CT molecular complexity index is 630. The second kappa shape index (κ2) is 6.94. The molecule has 23 heavy (non-hydrogen) atoms. The van der Waals surface area contributed by atoms with Gasteiger partial charge in [0.15, 0.2) is 0 Å². The molecule has 1 aliphatic rings. The van der Waals surface area contributed by atoms with Crippen molar-refractivity contribution in [3.8, 4) is 5.69 Å². The van der Waals surface area contributed by atoms with Crippen molar-refractivity contribution < 1.29 is 4.79 Å². The molecule has 1 amide bonds. The first-order valence-corrected chi connectivity index (χ1v) is 8.38. The molecule has 5 heteroatoms. The molecule has 1 atom stereocenters. The minimum absolute atomic E-state index is 0.0780. The second-order valence-electron chi connectivity index (χ2n) is 6.39. The molecule has 1 aromatic heterocycles. The minimum atomic E-state index is 0.0780. The van der Waals surface area contributed by atoms with E-state index in [4.69, 9.17) is 0 Å². The van der Waals surface area contributed by atoms with Crippen molar-refractivity contribution in [3.05, 3.63) is 42.5 Å². The van der Waals surface area contributed by atoms with Crippen LogP contribution in [-0.2, 0) is 4.79 Å². The normalized spacial score (nSPS) is 17.0. The molecule has 0 spiro atoms. The Labute approximate surface area is 137 Å². The fraction of sp³-hybridized carbons (Fsp3) is 0.500. The molecule has 1 heterocycles. The van der Waals surface area contributed by atoms with Gasteiger partial charge in [0, 0.05) is 13.0 Å². The standard InChI is InChI=1S/C18H24N4O/c1-14(21(2)18(23)16-6-4-3-5-7-16)15-8-10-17(11-9-15)22-13-19-12-20-22/h8-14,16H,3-7H2,1-2H3. The molecule has 122 valence electrons. The lowest BCUT2D eigenvalue weighted by Crippen LogP contribution is -2.35. The summed E-state index contributed by atoms with van der Waals surface area (Å²) < 4.78 is 1.73. The predicted molar refractivity (Wildman–Crippen MR) is 89.1 cm³/mol. The van der Waals surface area contributed by atoms with Crippen LogP contribution in [0.25, 0.3) is 5.69 Å². The fourth-order valence-electron chi connectivity index (χ4n) is 3.30. The van der Waals surface area contributed by atoms with Crippen LogP contribution in [0, 0.1) is 5.92 Å². The van der Waals surface area contributed by atoms with Crippen LogP contribution in [-0.4, -0.2) is 32.6 Å². The summed E-state index contributed by atoms with van der Waals surface area (Å²) in [6.07, 6.45) is 8.93. The number of hydrogen-bond acceptors (Lipinski definition) is 3. The molecule has 5 nitrogen and oxygen atoms in total. The number of hydrogen-bond donors (Lipinski definition) is 0. The first kappa shape index (κ1) is 15.7. The number of nitrogens with zero attached hydrogens (tertiary/aromatic N) is 4. The summed E-state index contributed by atoms with van der Waals surface area (Å²) in [6.45, 7) is 2.09. The largest absolute Gasteiger partial charge is 0.339 e. The number of rotatable bonds is 4. The Morgan fingerprint density at radius 1 is 1.22 bits per heavy atom. The Hall–Kier alpha value is -2.17. The molecule has 0 N–H and O–H groups in total. The molecule has 0 aliphatic heterocycles. The highest BCUT2D eigenvalue weighted by Crippen LogP contribution is 2.28. The van der Waals surface area contributed by atoms with E-state index in [-0.39, 0.29) is 17.9 Å². The van der Waals surface area contributed by atoms with E-state index in [0.29, 0.717) is 0 Å². The average molecular weight is 312 g/mol. The van der Waals surface area contributed by atoms with Gasteiger partial charge in [-0.3, -0.25) is 4.79 Å². The number of carbonyl (C=O) groups excluding carboxylic acids is 1. The lowest BCUT2D eigenvalue weighted by molar-refractivity contribution is -0.137. The molecular weight excluding hydrogens is 288 g/mol. The zero-order chi connectivity index (χ0) is 16.2. The van der Waals surface area contributed by atoms with Crippen LogP contribution in [0.4, 0.5) is 0 Å². The molecule has 0 saturated heterocycles. The highest BCUT2D eigenvalue weighted by atomic mass is 16.2. The van der Waals surface area contributed by atoms with Gasteiger partial charge in [-0.15, -0.1) is 0 Å². The second-order valence-corrected chi connectivity index (χ2v) is 6.39. The Morgan fingerprint density at radius 3 is 2.52 bits per heavy atom. The zero-order valence-corrected chi connectivity index (χ0v) is 13.9. The zero-order valence-electron chi connectivity index (χ0n) is 13.9. The van der Waals surface area contributed by atoms with Gasteiger partial charge < -0.3 is 4.90 Å². The molecule has 1 saturated carbocycles. The van der Waals surface area contributed by atoms with Gasteiger partial charge in [0.05, 0.1) is 11.7 Å². The third-order valence-corrected chi connectivity index (χ3v) is 4.94. The van der Waals surface area contributed by atoms with E-state index in [1.165, 1.54) is 25.6 Å². The summed E-state index contributed by atoms with van der Waals surface area (Å²) in [6, 6.07) is 8.23. The topological polar surface area (TPSA) is 51.0 Å². The summed E-state index contributed by atoms with van der Waals surface area (Å²) in [5.74, 6) is 0.503. The van der Waals surface area contributed by atoms with Crippen molar-refractivity contribution in [2.45, 2.75) is 45.1 Å². The van der Waals surface area contributed by atoms with Crippen LogP contribution < -0.4 is 0 Å². The van der Waals surface area contributed by atoms with E-state index < -0.39 is 0 Å². The summed E-state index contributed by atoms with van der Waals surface area (Å²) in [5.41, 5.74) is 2.11. The van der Waals surface area contributed by atoms with Gasteiger partial charge in [-0.2, -0.15) is 5.10 Å². The summed E-state index contributed by atoms with van der Waals surface area (Å²) >= 11 is 0. The maximum atomic E-state index is 12.7. The van der Waals surface area contributed by atoms with Gasteiger partial charge in [0.1, 0.15) is 12.7 Å². The molecule has 1 fully saturated rings. The fourth-order valence-corrected chi connectivity index (χ4v) is 3.30. The lowest BCUT2D eigenvalue weighted by atomic mass is 9.88. The quantitative estimate of drug-likeness (QED) is 0.870. The number of amides is 1. The first-order chi connectivity index (χ1) is 11.2. The summed E-state index contributed by atoms with van der Waals surface area (Å²) in [5, 5.41) is 4.13. The van der Waals surface area contributed by atoms with Gasteiger partial charge >= 0.3 is 0 Å². The Kier molecular flexibility index (Phi) is 4.74. The molecule has 1 unspecified atom stereocenters. The van der Waals surface area contributed by atoms with E-state index in [1.807, 2.05) is 24.1 Å². The monoisotopic (exact) mass is 312 g/mol. The first-order valence-electron chi connectivity index (χ1n) is 8.38. The Morgan fingerprint density at radius 2 is 1.91 bits per heavy atom. The van der Waals surface area contributed by atoms with Crippen LogP contribution in [0.3, 0.4) is 0 Å². The number of aromatic nitrogens is 3. The van der Waals surface area contributed by atoms with Gasteiger partial charge in [0.2, 0.25) is 5.91 Å². The van der Waals surface area contributed by atoms with Gasteiger partial charge in [-0.05, 0) is 37.5 Å². The number of carbonyl (C=O) groups is 1. The van der Waals surface area contributed by atoms with Crippen LogP contribution in [0.2, 0.25) is 0 Å². The van der Waals surface area contributed by atoms with Crippen LogP contribution >= 0.6 is 0 Å². The highest BCUT2D eigenvalue weighted by molar-refractivity contribution is 5.79. The van der Waals surface area contributed by atoms with E-state index >= 15 is 0 Å². The smallest absolute Gasteiger partial charge is 0.225 e. The van der Waals surface area contributed by atoms with Crippen LogP contribution in [0.1, 0.15) is 50.6 Å². The van der Waals surface area contributed by atoms with Crippen LogP contribution in [0.5, 0.6) is 0 Å². The SMILES string of the molecule is CC(c1ccc(-n2cncn2)cc1)N(C)C(=O)C1CCCCC1. The average Bonchev–Trinajstić information content (AvgIpc) is 3.15. The summed E-state index contributed by atoms with van der Waals surface area (Å²) in [7, 11) is 1.92. The maximum absolute atomic E-state index is 12.7. The van der Waals surface area contributed by atoms with Crippen molar-refractivity contribution in [2.24, 2.45) is 5.92 Å². The van der Waals surface area contributed by atoms with E-state index in [1.54, 1.807) is 11.0 Å². The number of benzene rings is 1. The van der Waals surface area contributed by atoms with Crippen molar-refractivity contribution in [2.75, 3.05) is 7.05 Å². The third kappa shape index (κ3) is 3.44. The lowest BCUT2D eigenvalue weighted by Gasteiger charge is -2.31. The highest BCUT2D eigenvalue weighted by Gasteiger charge is 2.26. The molecule has 1 aliphatic carbocycles. The van der Waals surface area contributed by atoms with Crippen molar-refractivity contribution >= 4 is 5.91 Å². The Balaban J connectivity index is 1.69. The van der Waals surface area contributed by atoms with Gasteiger partial charge in [0.25, 0.3) is 0 Å². The summed E-state index contributed by atoms with van der Waals surface area (Å²) in [4.78, 5) is 18.5. The van der Waals surface area contributed by atoms with Crippen molar-refractivity contribution in [1.29, 1.82) is 0 Å². The van der Waals surface area contributed by atoms with Crippen molar-refractivity contribution in [3.63, 3.8) is 0 Å². The van der Waals surface area contributed by atoms with E-state index in [0.717, 1.165) is 24.1 Å². The molecule has 3 rings (SSSR count). The van der Waals surface area contributed by atoms with Gasteiger partial charge in [-0.25, -0.2) is 9.67 Å². The van der Waals surface area contributed by atoms with Gasteiger partial charge in [-0.1, -0.05) is 31.4 Å². The van der Waals surface area contributed by atoms with E-state index in [2.05, 4.69) is 29.1 Å². The molecular formula is C18H24N4O. The van der Waals surface area contributed by atoms with E-state index in [9.17, 15) is 4.79 Å². The maximum Gasteiger partial charge on any atom is 0.225 e. The van der Waals surface area contributed by atoms with Crippen molar-refractivity contribution in [1.82, 2.24) is 19.7 Å².